The molecule has 35 heavy (non-hydrogen) atoms. The Balaban J connectivity index is 0.999. The quantitative estimate of drug-likeness (QED) is 0.440. The molecule has 3 heterocycles. The van der Waals surface area contributed by atoms with E-state index in [1.54, 1.807) is 0 Å². The molecule has 0 aromatic carbocycles. The Morgan fingerprint density at radius 3 is 2.86 bits per heavy atom. The van der Waals surface area contributed by atoms with Crippen LogP contribution in [0.3, 0.4) is 0 Å². The molecule has 2 aliphatic heterocycles. The molecule has 0 bridgehead atoms. The highest BCUT2D eigenvalue weighted by Crippen LogP contribution is 2.52. The van der Waals surface area contributed by atoms with E-state index >= 15 is 0 Å². The number of aliphatic carboxylic acids is 1. The van der Waals surface area contributed by atoms with Gasteiger partial charge in [-0.25, -0.2) is 9.78 Å². The normalized spacial score (nSPS) is 27.6. The number of aromatic nitrogens is 1. The van der Waals surface area contributed by atoms with Crippen LogP contribution < -0.4 is 10.6 Å². The number of carboxylic acids is 1. The highest BCUT2D eigenvalue weighted by atomic mass is 16.5. The molecule has 3 N–H and O–H groups in total. The van der Waals surface area contributed by atoms with Crippen LogP contribution in [0.4, 0.5) is 5.82 Å². The molecule has 2 atom stereocenters. The van der Waals surface area contributed by atoms with E-state index in [0.717, 1.165) is 82.3 Å². The molecule has 1 unspecified atom stereocenters. The number of pyridine rings is 1. The average molecular weight is 486 g/mol. The molecule has 1 amide bonds. The highest BCUT2D eigenvalue weighted by molar-refractivity contribution is 5.89. The molecule has 2 aliphatic carbocycles. The predicted molar refractivity (Wildman–Crippen MR) is 131 cm³/mol. The first-order valence-electron chi connectivity index (χ1n) is 13.5. The van der Waals surface area contributed by atoms with Crippen molar-refractivity contribution < 1.29 is 24.2 Å². The zero-order valence-corrected chi connectivity index (χ0v) is 20.6. The van der Waals surface area contributed by atoms with Gasteiger partial charge in [0, 0.05) is 31.9 Å². The number of aryl methyl sites for hydroxylation is 2. The summed E-state index contributed by atoms with van der Waals surface area (Å²) in [4.78, 5) is 29.5. The number of nitrogens with zero attached hydrogens (tertiary/aromatic N) is 1. The molecular formula is C27H39N3O5. The van der Waals surface area contributed by atoms with Gasteiger partial charge in [0.05, 0.1) is 17.6 Å². The summed E-state index contributed by atoms with van der Waals surface area (Å²) >= 11 is 0. The van der Waals surface area contributed by atoms with Crippen molar-refractivity contribution in [2.45, 2.75) is 95.3 Å². The molecule has 1 aromatic rings. The maximum atomic E-state index is 12.9. The number of rotatable bonds is 11. The summed E-state index contributed by atoms with van der Waals surface area (Å²) in [5, 5.41) is 15.8. The Hall–Kier alpha value is -2.19. The van der Waals surface area contributed by atoms with E-state index in [1.165, 1.54) is 12.0 Å². The fourth-order valence-corrected chi connectivity index (χ4v) is 5.82. The van der Waals surface area contributed by atoms with E-state index in [0.29, 0.717) is 19.1 Å². The topological polar surface area (TPSA) is 110 Å². The number of hydrogen-bond donors (Lipinski definition) is 3. The second-order valence-electron chi connectivity index (χ2n) is 10.9. The first-order chi connectivity index (χ1) is 17.0. The number of carbonyl (C=O) groups excluding carboxylic acids is 1. The van der Waals surface area contributed by atoms with Crippen LogP contribution in [0, 0.1) is 11.3 Å². The van der Waals surface area contributed by atoms with E-state index in [9.17, 15) is 14.7 Å². The minimum Gasteiger partial charge on any atom is -0.480 e. The smallest absolute Gasteiger partial charge is 0.326 e. The largest absolute Gasteiger partial charge is 0.480 e. The van der Waals surface area contributed by atoms with Gasteiger partial charge < -0.3 is 25.2 Å². The fourth-order valence-electron chi connectivity index (χ4n) is 5.82. The van der Waals surface area contributed by atoms with Crippen LogP contribution in [0.25, 0.3) is 0 Å². The van der Waals surface area contributed by atoms with Crippen LogP contribution in [0.1, 0.15) is 75.5 Å². The number of hydrogen-bond acceptors (Lipinski definition) is 6. The van der Waals surface area contributed by atoms with Gasteiger partial charge in [-0.2, -0.15) is 0 Å². The van der Waals surface area contributed by atoms with Gasteiger partial charge in [-0.05, 0) is 88.2 Å². The number of fused-ring (bicyclic) bond motifs is 1. The van der Waals surface area contributed by atoms with E-state index in [-0.39, 0.29) is 24.5 Å². The maximum Gasteiger partial charge on any atom is 0.326 e. The van der Waals surface area contributed by atoms with Crippen LogP contribution in [-0.2, 0) is 31.9 Å². The van der Waals surface area contributed by atoms with Crippen molar-refractivity contribution >= 4 is 17.7 Å². The lowest BCUT2D eigenvalue weighted by Gasteiger charge is -2.35. The van der Waals surface area contributed by atoms with Gasteiger partial charge in [-0.1, -0.05) is 6.07 Å². The Kier molecular flexibility index (Phi) is 7.58. The lowest BCUT2D eigenvalue weighted by atomic mass is 9.79. The molecule has 1 saturated heterocycles. The fraction of sp³-hybridized carbons (Fsp3) is 0.741. The summed E-state index contributed by atoms with van der Waals surface area (Å²) in [5.41, 5.74) is 1.95. The third-order valence-electron chi connectivity index (χ3n) is 8.35. The number of anilines is 1. The maximum absolute atomic E-state index is 12.9. The van der Waals surface area contributed by atoms with E-state index in [2.05, 4.69) is 22.8 Å². The van der Waals surface area contributed by atoms with Gasteiger partial charge in [0.15, 0.2) is 0 Å². The second-order valence-corrected chi connectivity index (χ2v) is 10.9. The van der Waals surface area contributed by atoms with Crippen molar-refractivity contribution in [2.75, 3.05) is 25.1 Å². The first kappa shape index (κ1) is 24.5. The predicted octanol–water partition coefficient (Wildman–Crippen LogP) is 3.48. The van der Waals surface area contributed by atoms with E-state index in [4.69, 9.17) is 14.5 Å². The summed E-state index contributed by atoms with van der Waals surface area (Å²) in [6.07, 6.45) is 11.4. The van der Waals surface area contributed by atoms with Crippen molar-refractivity contribution in [2.24, 2.45) is 11.3 Å². The summed E-state index contributed by atoms with van der Waals surface area (Å²) in [5.74, 6) is 0.529. The number of nitrogens with one attached hydrogen (secondary N) is 2. The van der Waals surface area contributed by atoms with Crippen molar-refractivity contribution in [1.29, 1.82) is 0 Å². The molecule has 192 valence electrons. The lowest BCUT2D eigenvalue weighted by molar-refractivity contribution is -0.146. The minimum atomic E-state index is -0.999. The van der Waals surface area contributed by atoms with Crippen molar-refractivity contribution in [3.63, 3.8) is 0 Å². The van der Waals surface area contributed by atoms with Crippen LogP contribution in [0.2, 0.25) is 0 Å². The lowest BCUT2D eigenvalue weighted by Crippen LogP contribution is -2.49. The van der Waals surface area contributed by atoms with Crippen LogP contribution in [-0.4, -0.2) is 60.0 Å². The van der Waals surface area contributed by atoms with Crippen LogP contribution in [0.15, 0.2) is 12.1 Å². The third kappa shape index (κ3) is 5.80. The van der Waals surface area contributed by atoms with Gasteiger partial charge in [0.25, 0.3) is 0 Å². The summed E-state index contributed by atoms with van der Waals surface area (Å²) < 4.78 is 11.8. The third-order valence-corrected chi connectivity index (χ3v) is 8.35. The summed E-state index contributed by atoms with van der Waals surface area (Å²) in [7, 11) is 0. The zero-order chi connectivity index (χ0) is 24.3. The SMILES string of the molecule is O=C(O)[C@H](CCOC1CC(CCc2ccc3c(n2)NCCC3)C1)NC(=O)C1(C2CCCCO2)CC1. The number of carboxylic acid groups (broad SMARTS) is 1. The van der Waals surface area contributed by atoms with Crippen molar-refractivity contribution in [3.8, 4) is 0 Å². The Morgan fingerprint density at radius 1 is 1.26 bits per heavy atom. The van der Waals surface area contributed by atoms with Gasteiger partial charge in [0.2, 0.25) is 5.91 Å². The van der Waals surface area contributed by atoms with Gasteiger partial charge in [-0.15, -0.1) is 0 Å². The van der Waals surface area contributed by atoms with Crippen molar-refractivity contribution in [3.05, 3.63) is 23.4 Å². The Morgan fingerprint density at radius 2 is 2.11 bits per heavy atom. The molecule has 1 aromatic heterocycles. The van der Waals surface area contributed by atoms with Crippen LogP contribution >= 0.6 is 0 Å². The zero-order valence-electron chi connectivity index (χ0n) is 20.6. The Bertz CT molecular complexity index is 906. The number of carbonyl (C=O) groups is 2. The van der Waals surface area contributed by atoms with Crippen molar-refractivity contribution in [1.82, 2.24) is 10.3 Å². The van der Waals surface area contributed by atoms with Gasteiger partial charge in [-0.3, -0.25) is 4.79 Å². The molecule has 2 saturated carbocycles. The summed E-state index contributed by atoms with van der Waals surface area (Å²) in [6.45, 7) is 2.05. The van der Waals surface area contributed by atoms with Crippen LogP contribution in [0.5, 0.6) is 0 Å². The van der Waals surface area contributed by atoms with Gasteiger partial charge in [0.1, 0.15) is 11.9 Å². The molecule has 4 aliphatic rings. The van der Waals surface area contributed by atoms with E-state index in [1.807, 2.05) is 0 Å². The molecule has 0 spiro atoms. The molecule has 3 fully saturated rings. The standard InChI is InChI=1S/C27H39N3O5/c31-25(32)22(30-26(33)27(11-12-27)23-5-1-2-14-35-23)10-15-34-21-16-18(17-21)6-8-20-9-7-19-4-3-13-28-24(19)29-20/h7,9,18,21-23H,1-6,8,10-17H2,(H,28,29)(H,30,33)(H,31,32)/t18?,21?,22-,23?/m0/s1. The minimum absolute atomic E-state index is 0.0679. The molecule has 0 radical (unpaired) electrons. The second kappa shape index (κ2) is 10.8. The Labute approximate surface area is 207 Å². The van der Waals surface area contributed by atoms with Gasteiger partial charge >= 0.3 is 5.97 Å². The number of amides is 1. The summed E-state index contributed by atoms with van der Waals surface area (Å²) in [6, 6.07) is 3.45. The average Bonchev–Trinajstić information content (AvgIpc) is 3.66. The first-order valence-corrected chi connectivity index (χ1v) is 13.5. The molecular weight excluding hydrogens is 446 g/mol. The molecule has 8 heteroatoms. The van der Waals surface area contributed by atoms with E-state index < -0.39 is 17.4 Å². The number of ether oxygens (including phenoxy) is 2. The highest BCUT2D eigenvalue weighted by Gasteiger charge is 2.57. The molecule has 8 nitrogen and oxygen atoms in total. The molecule has 5 rings (SSSR count). The monoisotopic (exact) mass is 485 g/mol.